The van der Waals surface area contributed by atoms with Gasteiger partial charge in [-0.05, 0) is 80.5 Å². The van der Waals surface area contributed by atoms with Crippen LogP contribution in [0.2, 0.25) is 0 Å². The van der Waals surface area contributed by atoms with Crippen LogP contribution >= 0.6 is 0 Å². The van der Waals surface area contributed by atoms with Crippen LogP contribution in [0.4, 0.5) is 0 Å². The molecule has 3 unspecified atom stereocenters. The average molecular weight is 349 g/mol. The summed E-state index contributed by atoms with van der Waals surface area (Å²) in [7, 11) is 0. The first-order valence-electron chi connectivity index (χ1n) is 11.5. The van der Waals surface area contributed by atoms with Gasteiger partial charge in [0.15, 0.2) is 0 Å². The van der Waals surface area contributed by atoms with Gasteiger partial charge in [-0.1, -0.05) is 72.8 Å². The molecule has 0 radical (unpaired) electrons. The van der Waals surface area contributed by atoms with E-state index in [1.807, 2.05) is 0 Å². The first-order valence-corrected chi connectivity index (χ1v) is 11.5. The number of hydrogen-bond donors (Lipinski definition) is 0. The molecular weight excluding hydrogens is 300 g/mol. The Morgan fingerprint density at radius 3 is 2.28 bits per heavy atom. The number of unbranched alkanes of at least 4 members (excludes halogenated alkanes) is 2. The summed E-state index contributed by atoms with van der Waals surface area (Å²) >= 11 is 0. The predicted octanol–water partition coefficient (Wildman–Crippen LogP) is 8.81. The zero-order valence-corrected chi connectivity index (χ0v) is 18.3. The highest BCUT2D eigenvalue weighted by Crippen LogP contribution is 2.43. The van der Waals surface area contributed by atoms with Crippen molar-refractivity contribution in [3.8, 4) is 0 Å². The largest absolute Gasteiger partial charge is 0.103 e. The van der Waals surface area contributed by atoms with Gasteiger partial charge in [-0.3, -0.25) is 0 Å². The molecule has 0 spiro atoms. The van der Waals surface area contributed by atoms with E-state index in [0.717, 1.165) is 23.7 Å². The van der Waals surface area contributed by atoms with Crippen molar-refractivity contribution in [3.05, 3.63) is 12.7 Å². The minimum Gasteiger partial charge on any atom is -0.103 e. The van der Waals surface area contributed by atoms with Crippen LogP contribution in [0, 0.1) is 29.1 Å². The Hall–Kier alpha value is -0.260. The van der Waals surface area contributed by atoms with E-state index in [4.69, 9.17) is 0 Å². The first-order chi connectivity index (χ1) is 11.9. The predicted molar refractivity (Wildman–Crippen MR) is 115 cm³/mol. The molecule has 0 heterocycles. The zero-order chi connectivity index (χ0) is 18.7. The highest BCUT2D eigenvalue weighted by atomic mass is 14.4. The summed E-state index contributed by atoms with van der Waals surface area (Å²) in [5.41, 5.74) is 0.612. The van der Waals surface area contributed by atoms with E-state index in [0.29, 0.717) is 5.41 Å². The molecule has 0 aromatic heterocycles. The van der Waals surface area contributed by atoms with E-state index in [1.54, 1.807) is 0 Å². The molecule has 0 N–H and O–H groups in total. The van der Waals surface area contributed by atoms with E-state index in [1.165, 1.54) is 83.5 Å². The minimum atomic E-state index is 0.612. The van der Waals surface area contributed by atoms with Gasteiger partial charge in [0.25, 0.3) is 0 Å². The monoisotopic (exact) mass is 348 g/mol. The highest BCUT2D eigenvalue weighted by molar-refractivity contribution is 4.82. The summed E-state index contributed by atoms with van der Waals surface area (Å²) in [6.07, 6.45) is 20.5. The summed E-state index contributed by atoms with van der Waals surface area (Å²) < 4.78 is 0. The maximum atomic E-state index is 3.85. The second-order valence-electron chi connectivity index (χ2n) is 9.97. The maximum Gasteiger partial charge on any atom is -0.0353 e. The topological polar surface area (TPSA) is 0 Å². The summed E-state index contributed by atoms with van der Waals surface area (Å²) in [5.74, 6) is 3.86. The molecule has 1 aliphatic carbocycles. The van der Waals surface area contributed by atoms with Gasteiger partial charge in [0.05, 0.1) is 0 Å². The molecule has 1 rings (SSSR count). The van der Waals surface area contributed by atoms with Gasteiger partial charge >= 0.3 is 0 Å². The highest BCUT2D eigenvalue weighted by Gasteiger charge is 2.30. The fourth-order valence-electron chi connectivity index (χ4n) is 5.15. The third-order valence-electron chi connectivity index (χ3n) is 7.01. The zero-order valence-electron chi connectivity index (χ0n) is 18.3. The van der Waals surface area contributed by atoms with E-state index >= 15 is 0 Å². The molecule has 0 amide bonds. The Bertz CT molecular complexity index is 330. The van der Waals surface area contributed by atoms with Crippen molar-refractivity contribution in [3.63, 3.8) is 0 Å². The van der Waals surface area contributed by atoms with Crippen molar-refractivity contribution in [1.29, 1.82) is 0 Å². The van der Waals surface area contributed by atoms with E-state index in [9.17, 15) is 0 Å². The summed E-state index contributed by atoms with van der Waals surface area (Å²) in [6, 6.07) is 0. The van der Waals surface area contributed by atoms with Crippen molar-refractivity contribution in [2.75, 3.05) is 0 Å². The van der Waals surface area contributed by atoms with Crippen molar-refractivity contribution in [2.45, 2.75) is 118 Å². The van der Waals surface area contributed by atoms with Gasteiger partial charge in [-0.2, -0.15) is 0 Å². The van der Waals surface area contributed by atoms with Crippen LogP contribution in [0.5, 0.6) is 0 Å². The Kier molecular flexibility index (Phi) is 11.1. The number of hydrogen-bond acceptors (Lipinski definition) is 0. The lowest BCUT2D eigenvalue weighted by atomic mass is 9.68. The molecular formula is C25H48. The second kappa shape index (κ2) is 12.2. The molecule has 1 fully saturated rings. The summed E-state index contributed by atoms with van der Waals surface area (Å²) in [6.45, 7) is 16.1. The van der Waals surface area contributed by atoms with E-state index in [-0.39, 0.29) is 0 Å². The van der Waals surface area contributed by atoms with Gasteiger partial charge in [0, 0.05) is 0 Å². The Morgan fingerprint density at radius 1 is 1.04 bits per heavy atom. The van der Waals surface area contributed by atoms with Crippen molar-refractivity contribution < 1.29 is 0 Å². The molecule has 148 valence electrons. The van der Waals surface area contributed by atoms with Crippen molar-refractivity contribution in [2.24, 2.45) is 29.1 Å². The van der Waals surface area contributed by atoms with Crippen molar-refractivity contribution >= 4 is 0 Å². The van der Waals surface area contributed by atoms with Crippen LogP contribution in [0.25, 0.3) is 0 Å². The number of allylic oxidation sites excluding steroid dienone is 1. The molecule has 0 aromatic rings. The van der Waals surface area contributed by atoms with Gasteiger partial charge in [0.2, 0.25) is 0 Å². The maximum absolute atomic E-state index is 3.85. The van der Waals surface area contributed by atoms with Gasteiger partial charge in [0.1, 0.15) is 0 Å². The molecule has 3 atom stereocenters. The quantitative estimate of drug-likeness (QED) is 0.230. The lowest BCUT2D eigenvalue weighted by molar-refractivity contribution is 0.141. The molecule has 0 aliphatic heterocycles. The summed E-state index contributed by atoms with van der Waals surface area (Å²) in [4.78, 5) is 0. The van der Waals surface area contributed by atoms with Crippen LogP contribution < -0.4 is 0 Å². The van der Waals surface area contributed by atoms with Crippen LogP contribution in [0.3, 0.4) is 0 Å². The van der Waals surface area contributed by atoms with Gasteiger partial charge in [-0.15, -0.1) is 6.58 Å². The van der Waals surface area contributed by atoms with Gasteiger partial charge in [-0.25, -0.2) is 0 Å². The van der Waals surface area contributed by atoms with E-state index in [2.05, 4.69) is 47.3 Å². The fourth-order valence-corrected chi connectivity index (χ4v) is 5.15. The number of rotatable bonds is 13. The fraction of sp³-hybridized carbons (Fsp3) is 0.920. The Labute approximate surface area is 160 Å². The molecule has 25 heavy (non-hydrogen) atoms. The first kappa shape index (κ1) is 22.8. The van der Waals surface area contributed by atoms with Crippen LogP contribution in [-0.4, -0.2) is 0 Å². The third kappa shape index (κ3) is 9.30. The third-order valence-corrected chi connectivity index (χ3v) is 7.01. The summed E-state index contributed by atoms with van der Waals surface area (Å²) in [5, 5.41) is 0. The Morgan fingerprint density at radius 2 is 1.72 bits per heavy atom. The van der Waals surface area contributed by atoms with Crippen LogP contribution in [0.1, 0.15) is 118 Å². The standard InChI is InChI=1S/C25H48/c1-7-10-11-12-14-21(4)19-23(9-3)24(13-8-2)20-22-15-17-25(5,6)18-16-22/h7,21-24H,1,8-20H2,2-6H3. The smallest absolute Gasteiger partial charge is 0.0353 e. The normalized spacial score (nSPS) is 21.6. The molecule has 0 heteroatoms. The van der Waals surface area contributed by atoms with Gasteiger partial charge < -0.3 is 0 Å². The molecule has 0 aromatic carbocycles. The second-order valence-corrected chi connectivity index (χ2v) is 9.97. The van der Waals surface area contributed by atoms with Crippen molar-refractivity contribution in [1.82, 2.24) is 0 Å². The SMILES string of the molecule is C=CCCCCC(C)CC(CC)C(CCC)CC1CCC(C)(C)CC1. The lowest BCUT2D eigenvalue weighted by Crippen LogP contribution is -2.25. The van der Waals surface area contributed by atoms with E-state index < -0.39 is 0 Å². The average Bonchev–Trinajstić information content (AvgIpc) is 2.58. The van der Waals surface area contributed by atoms with Crippen LogP contribution in [0.15, 0.2) is 12.7 Å². The molecule has 0 nitrogen and oxygen atoms in total. The Balaban J connectivity index is 2.48. The minimum absolute atomic E-state index is 0.612. The molecule has 0 saturated heterocycles. The lowest BCUT2D eigenvalue weighted by Gasteiger charge is -2.37. The molecule has 1 aliphatic rings. The molecule has 0 bridgehead atoms. The van der Waals surface area contributed by atoms with Crippen LogP contribution in [-0.2, 0) is 0 Å². The molecule has 1 saturated carbocycles.